The molecule has 2 aromatic carbocycles. The van der Waals surface area contributed by atoms with Gasteiger partial charge in [-0.05, 0) is 61.7 Å². The summed E-state index contributed by atoms with van der Waals surface area (Å²) >= 11 is 1.52. The van der Waals surface area contributed by atoms with E-state index in [2.05, 4.69) is 18.0 Å². The average molecular weight is 409 g/mol. The van der Waals surface area contributed by atoms with Crippen LogP contribution in [0.15, 0.2) is 55.1 Å². The first-order valence-corrected chi connectivity index (χ1v) is 10.2. The normalized spacial score (nSPS) is 11.1. The van der Waals surface area contributed by atoms with Crippen LogP contribution in [0.2, 0.25) is 0 Å². The lowest BCUT2D eigenvalue weighted by atomic mass is 10.1. The van der Waals surface area contributed by atoms with E-state index in [-0.39, 0.29) is 11.7 Å². The quantitative estimate of drug-likeness (QED) is 0.452. The van der Waals surface area contributed by atoms with Crippen molar-refractivity contribution >= 4 is 32.6 Å². The second-order valence-corrected chi connectivity index (χ2v) is 8.02. The first kappa shape index (κ1) is 19.3. The standard InChI is InChI=1S/C22H21FN4OS/c1-15-12-16(2)20-19(13-15)25-22(29-20)27(10-3-9-26-11-8-24-14-26)21(28)17-4-6-18(23)7-5-17/h4-8,11-14H,3,9-10H2,1-2H3. The summed E-state index contributed by atoms with van der Waals surface area (Å²) in [6.45, 7) is 5.35. The van der Waals surface area contributed by atoms with Crippen molar-refractivity contribution in [1.82, 2.24) is 14.5 Å². The molecule has 2 heterocycles. The van der Waals surface area contributed by atoms with Crippen LogP contribution in [0.3, 0.4) is 0 Å². The third kappa shape index (κ3) is 4.19. The number of nitrogens with zero attached hydrogens (tertiary/aromatic N) is 4. The van der Waals surface area contributed by atoms with Gasteiger partial charge in [0.1, 0.15) is 5.82 Å². The Bertz CT molecular complexity index is 1140. The fraction of sp³-hybridized carbons (Fsp3) is 0.227. The topological polar surface area (TPSA) is 51.0 Å². The van der Waals surface area contributed by atoms with Crippen molar-refractivity contribution in [2.75, 3.05) is 11.4 Å². The molecule has 0 saturated heterocycles. The van der Waals surface area contributed by atoms with Crippen LogP contribution in [0.25, 0.3) is 10.2 Å². The maximum Gasteiger partial charge on any atom is 0.260 e. The lowest BCUT2D eigenvalue weighted by molar-refractivity contribution is 0.0986. The van der Waals surface area contributed by atoms with E-state index in [0.29, 0.717) is 17.2 Å². The summed E-state index contributed by atoms with van der Waals surface area (Å²) in [7, 11) is 0. The van der Waals surface area contributed by atoms with E-state index in [1.165, 1.54) is 35.6 Å². The predicted octanol–water partition coefficient (Wildman–Crippen LogP) is 4.99. The summed E-state index contributed by atoms with van der Waals surface area (Å²) in [6, 6.07) is 9.81. The number of hydrogen-bond acceptors (Lipinski definition) is 4. The second kappa shape index (κ2) is 8.13. The first-order valence-electron chi connectivity index (χ1n) is 9.42. The van der Waals surface area contributed by atoms with Crippen LogP contribution >= 0.6 is 11.3 Å². The molecule has 0 bridgehead atoms. The number of aromatic nitrogens is 3. The highest BCUT2D eigenvalue weighted by Gasteiger charge is 2.21. The minimum absolute atomic E-state index is 0.177. The third-order valence-electron chi connectivity index (χ3n) is 4.73. The highest BCUT2D eigenvalue weighted by atomic mass is 32.1. The Morgan fingerprint density at radius 2 is 2.00 bits per heavy atom. The SMILES string of the molecule is Cc1cc(C)c2sc(N(CCCn3ccnc3)C(=O)c3ccc(F)cc3)nc2c1. The Hall–Kier alpha value is -3.06. The Kier molecular flexibility index (Phi) is 5.40. The van der Waals surface area contributed by atoms with Crippen LogP contribution in [0.1, 0.15) is 27.9 Å². The Morgan fingerprint density at radius 3 is 2.72 bits per heavy atom. The molecule has 0 aliphatic rings. The van der Waals surface area contributed by atoms with Crippen LogP contribution in [-0.4, -0.2) is 27.0 Å². The number of halogens is 1. The second-order valence-electron chi connectivity index (χ2n) is 7.04. The van der Waals surface area contributed by atoms with Gasteiger partial charge in [0, 0.05) is 31.0 Å². The summed E-state index contributed by atoms with van der Waals surface area (Å²) < 4.78 is 16.4. The molecule has 4 aromatic rings. The van der Waals surface area contributed by atoms with Crippen molar-refractivity contribution in [3.63, 3.8) is 0 Å². The molecule has 7 heteroatoms. The summed E-state index contributed by atoms with van der Waals surface area (Å²) in [4.78, 5) is 23.7. The fourth-order valence-corrected chi connectivity index (χ4v) is 4.38. The highest BCUT2D eigenvalue weighted by molar-refractivity contribution is 7.22. The van der Waals surface area contributed by atoms with E-state index in [4.69, 9.17) is 4.98 Å². The third-order valence-corrected chi connectivity index (χ3v) is 5.96. The van der Waals surface area contributed by atoms with E-state index in [0.717, 1.165) is 34.3 Å². The molecule has 0 aliphatic carbocycles. The van der Waals surface area contributed by atoms with Gasteiger partial charge in [0.05, 0.1) is 16.5 Å². The highest BCUT2D eigenvalue weighted by Crippen LogP contribution is 2.33. The number of amides is 1. The summed E-state index contributed by atoms with van der Waals surface area (Å²) in [5.41, 5.74) is 3.63. The predicted molar refractivity (Wildman–Crippen MR) is 114 cm³/mol. The van der Waals surface area contributed by atoms with Gasteiger partial charge in [0.15, 0.2) is 5.13 Å². The molecule has 1 amide bonds. The van der Waals surface area contributed by atoms with Gasteiger partial charge in [0.25, 0.3) is 5.91 Å². The molecule has 0 saturated carbocycles. The number of thiazole rings is 1. The van der Waals surface area contributed by atoms with Crippen molar-refractivity contribution < 1.29 is 9.18 Å². The number of anilines is 1. The number of hydrogen-bond donors (Lipinski definition) is 0. The Balaban J connectivity index is 1.66. The van der Waals surface area contributed by atoms with Gasteiger partial charge in [-0.15, -0.1) is 0 Å². The largest absolute Gasteiger partial charge is 0.337 e. The zero-order chi connectivity index (χ0) is 20.4. The molecule has 0 aliphatic heterocycles. The minimum Gasteiger partial charge on any atom is -0.337 e. The van der Waals surface area contributed by atoms with E-state index >= 15 is 0 Å². The number of rotatable bonds is 6. The molecule has 5 nitrogen and oxygen atoms in total. The number of imidazole rings is 1. The minimum atomic E-state index is -0.362. The van der Waals surface area contributed by atoms with Gasteiger partial charge in [-0.25, -0.2) is 14.4 Å². The molecule has 148 valence electrons. The van der Waals surface area contributed by atoms with Crippen LogP contribution < -0.4 is 4.90 Å². The maximum atomic E-state index is 13.3. The molecule has 0 fully saturated rings. The summed E-state index contributed by atoms with van der Waals surface area (Å²) in [6.07, 6.45) is 6.14. The van der Waals surface area contributed by atoms with Crippen LogP contribution in [-0.2, 0) is 6.54 Å². The van der Waals surface area contributed by atoms with Gasteiger partial charge < -0.3 is 4.57 Å². The zero-order valence-corrected chi connectivity index (χ0v) is 17.1. The monoisotopic (exact) mass is 408 g/mol. The first-order chi connectivity index (χ1) is 14.0. The van der Waals surface area contributed by atoms with Gasteiger partial charge in [-0.3, -0.25) is 9.69 Å². The van der Waals surface area contributed by atoms with Crippen molar-refractivity contribution in [2.45, 2.75) is 26.8 Å². The fourth-order valence-electron chi connectivity index (χ4n) is 3.34. The van der Waals surface area contributed by atoms with Crippen molar-refractivity contribution in [1.29, 1.82) is 0 Å². The average Bonchev–Trinajstić information content (AvgIpc) is 3.35. The molecule has 0 unspecified atom stereocenters. The molecule has 0 radical (unpaired) electrons. The molecule has 0 spiro atoms. The van der Waals surface area contributed by atoms with E-state index in [9.17, 15) is 9.18 Å². The van der Waals surface area contributed by atoms with Crippen molar-refractivity contribution in [3.8, 4) is 0 Å². The Morgan fingerprint density at radius 1 is 1.21 bits per heavy atom. The number of carbonyl (C=O) groups is 1. The Labute approximate surface area is 172 Å². The van der Waals surface area contributed by atoms with Gasteiger partial charge >= 0.3 is 0 Å². The van der Waals surface area contributed by atoms with E-state index < -0.39 is 0 Å². The smallest absolute Gasteiger partial charge is 0.260 e. The molecular formula is C22H21FN4OS. The zero-order valence-electron chi connectivity index (χ0n) is 16.3. The van der Waals surface area contributed by atoms with Gasteiger partial charge in [0.2, 0.25) is 0 Å². The summed E-state index contributed by atoms with van der Waals surface area (Å²) in [5, 5.41) is 0.661. The van der Waals surface area contributed by atoms with E-state index in [1.807, 2.05) is 23.8 Å². The van der Waals surface area contributed by atoms with E-state index in [1.54, 1.807) is 17.4 Å². The molecular weight excluding hydrogens is 387 g/mol. The van der Waals surface area contributed by atoms with Gasteiger partial charge in [-0.2, -0.15) is 0 Å². The van der Waals surface area contributed by atoms with Crippen LogP contribution in [0.5, 0.6) is 0 Å². The number of benzene rings is 2. The molecule has 4 rings (SSSR count). The number of fused-ring (bicyclic) bond motifs is 1. The lowest BCUT2D eigenvalue weighted by Crippen LogP contribution is -2.32. The van der Waals surface area contributed by atoms with Crippen LogP contribution in [0.4, 0.5) is 9.52 Å². The van der Waals surface area contributed by atoms with Crippen LogP contribution in [0, 0.1) is 19.7 Å². The maximum absolute atomic E-state index is 13.3. The number of aryl methyl sites for hydroxylation is 3. The molecule has 29 heavy (non-hydrogen) atoms. The lowest BCUT2D eigenvalue weighted by Gasteiger charge is -2.20. The van der Waals surface area contributed by atoms with Gasteiger partial charge in [-0.1, -0.05) is 17.4 Å². The molecule has 2 aromatic heterocycles. The summed E-state index contributed by atoms with van der Waals surface area (Å²) in [5.74, 6) is -0.539. The molecule has 0 atom stereocenters. The van der Waals surface area contributed by atoms with Crippen molar-refractivity contribution in [3.05, 3.63) is 77.6 Å². The van der Waals surface area contributed by atoms with Crippen molar-refractivity contribution in [2.24, 2.45) is 0 Å². The number of carbonyl (C=O) groups excluding carboxylic acids is 1. The molecule has 0 N–H and O–H groups in total.